The first-order chi connectivity index (χ1) is 11.6. The van der Waals surface area contributed by atoms with E-state index in [0.717, 1.165) is 49.0 Å². The van der Waals surface area contributed by atoms with Gasteiger partial charge in [0.15, 0.2) is 0 Å². The minimum atomic E-state index is 0.0503. The van der Waals surface area contributed by atoms with Crippen molar-refractivity contribution in [2.75, 3.05) is 38.0 Å². The SMILES string of the molecule is Cc1ccccc1NC(=O)N1CCC(CN2CCC[C@H](C)C2)CC1. The summed E-state index contributed by atoms with van der Waals surface area (Å²) in [5.41, 5.74) is 2.03. The molecule has 0 radical (unpaired) electrons. The van der Waals surface area contributed by atoms with E-state index in [-0.39, 0.29) is 6.03 Å². The summed E-state index contributed by atoms with van der Waals surface area (Å²) in [6.07, 6.45) is 4.99. The molecule has 4 nitrogen and oxygen atoms in total. The van der Waals surface area contributed by atoms with E-state index in [1.807, 2.05) is 36.1 Å². The molecule has 2 aliphatic heterocycles. The number of urea groups is 1. The Hall–Kier alpha value is -1.55. The molecule has 2 saturated heterocycles. The van der Waals surface area contributed by atoms with Crippen LogP contribution in [-0.2, 0) is 0 Å². The number of likely N-dealkylation sites (tertiary alicyclic amines) is 2. The molecule has 2 heterocycles. The van der Waals surface area contributed by atoms with Crippen molar-refractivity contribution in [1.82, 2.24) is 9.80 Å². The van der Waals surface area contributed by atoms with Gasteiger partial charge in [-0.1, -0.05) is 25.1 Å². The van der Waals surface area contributed by atoms with Gasteiger partial charge in [-0.05, 0) is 62.6 Å². The average Bonchev–Trinajstić information content (AvgIpc) is 2.57. The number of amides is 2. The Morgan fingerprint density at radius 3 is 2.62 bits per heavy atom. The summed E-state index contributed by atoms with van der Waals surface area (Å²) in [7, 11) is 0. The van der Waals surface area contributed by atoms with Gasteiger partial charge in [-0.2, -0.15) is 0 Å². The van der Waals surface area contributed by atoms with Gasteiger partial charge in [0.2, 0.25) is 0 Å². The van der Waals surface area contributed by atoms with Crippen molar-refractivity contribution < 1.29 is 4.79 Å². The van der Waals surface area contributed by atoms with Crippen LogP contribution >= 0.6 is 0 Å². The molecule has 2 aliphatic rings. The Bertz CT molecular complexity index is 552. The van der Waals surface area contributed by atoms with Crippen LogP contribution in [0.15, 0.2) is 24.3 Å². The number of para-hydroxylation sites is 1. The number of benzene rings is 1. The minimum Gasteiger partial charge on any atom is -0.325 e. The summed E-state index contributed by atoms with van der Waals surface area (Å²) in [5, 5.41) is 3.06. The molecule has 1 atom stereocenters. The summed E-state index contributed by atoms with van der Waals surface area (Å²) in [5.74, 6) is 1.59. The second kappa shape index (κ2) is 8.02. The Balaban J connectivity index is 1.44. The maximum Gasteiger partial charge on any atom is 0.321 e. The molecular formula is C20H31N3O. The van der Waals surface area contributed by atoms with Gasteiger partial charge in [0.05, 0.1) is 0 Å². The lowest BCUT2D eigenvalue weighted by Gasteiger charge is -2.37. The van der Waals surface area contributed by atoms with Gasteiger partial charge in [0.25, 0.3) is 0 Å². The van der Waals surface area contributed by atoms with Crippen LogP contribution in [0.4, 0.5) is 10.5 Å². The number of carbonyl (C=O) groups is 1. The first kappa shape index (κ1) is 17.3. The highest BCUT2D eigenvalue weighted by Crippen LogP contribution is 2.23. The summed E-state index contributed by atoms with van der Waals surface area (Å²) in [6.45, 7) is 9.90. The molecule has 0 aromatic heterocycles. The zero-order chi connectivity index (χ0) is 16.9. The average molecular weight is 329 g/mol. The third-order valence-electron chi connectivity index (χ3n) is 5.55. The maximum atomic E-state index is 12.5. The molecule has 3 rings (SSSR count). The first-order valence-corrected chi connectivity index (χ1v) is 9.45. The number of piperidine rings is 2. The molecule has 1 aromatic rings. The Morgan fingerprint density at radius 2 is 1.92 bits per heavy atom. The van der Waals surface area contributed by atoms with Crippen LogP contribution in [0.5, 0.6) is 0 Å². The molecule has 1 aromatic carbocycles. The van der Waals surface area contributed by atoms with Gasteiger partial charge in [-0.25, -0.2) is 4.79 Å². The molecule has 1 N–H and O–H groups in total. The molecule has 0 bridgehead atoms. The van der Waals surface area contributed by atoms with Crippen molar-refractivity contribution in [3.05, 3.63) is 29.8 Å². The number of hydrogen-bond acceptors (Lipinski definition) is 2. The molecule has 132 valence electrons. The van der Waals surface area contributed by atoms with Gasteiger partial charge in [-0.15, -0.1) is 0 Å². The minimum absolute atomic E-state index is 0.0503. The first-order valence-electron chi connectivity index (χ1n) is 9.45. The van der Waals surface area contributed by atoms with Gasteiger partial charge in [0.1, 0.15) is 0 Å². The van der Waals surface area contributed by atoms with E-state index in [0.29, 0.717) is 0 Å². The van der Waals surface area contributed by atoms with Crippen LogP contribution in [0.2, 0.25) is 0 Å². The Kier molecular flexibility index (Phi) is 5.77. The molecule has 4 heteroatoms. The van der Waals surface area contributed by atoms with E-state index in [2.05, 4.69) is 17.1 Å². The molecule has 0 spiro atoms. The van der Waals surface area contributed by atoms with Gasteiger partial charge >= 0.3 is 6.03 Å². The van der Waals surface area contributed by atoms with Crippen LogP contribution in [0.3, 0.4) is 0 Å². The van der Waals surface area contributed by atoms with E-state index >= 15 is 0 Å². The zero-order valence-electron chi connectivity index (χ0n) is 15.1. The predicted molar refractivity (Wildman–Crippen MR) is 99.3 cm³/mol. The molecule has 2 amide bonds. The van der Waals surface area contributed by atoms with Crippen molar-refractivity contribution in [3.63, 3.8) is 0 Å². The van der Waals surface area contributed by atoms with Crippen LogP contribution in [0.25, 0.3) is 0 Å². The van der Waals surface area contributed by atoms with E-state index in [4.69, 9.17) is 0 Å². The summed E-state index contributed by atoms with van der Waals surface area (Å²) >= 11 is 0. The topological polar surface area (TPSA) is 35.6 Å². The summed E-state index contributed by atoms with van der Waals surface area (Å²) in [4.78, 5) is 17.1. The second-order valence-corrected chi connectivity index (χ2v) is 7.68. The van der Waals surface area contributed by atoms with Crippen molar-refractivity contribution in [2.24, 2.45) is 11.8 Å². The molecule has 0 saturated carbocycles. The standard InChI is InChI=1S/C20H31N3O/c1-16-6-5-11-22(14-16)15-18-9-12-23(13-10-18)20(24)21-19-8-4-3-7-17(19)2/h3-4,7-8,16,18H,5-6,9-15H2,1-2H3,(H,21,24)/t16-/m0/s1. The smallest absolute Gasteiger partial charge is 0.321 e. The fourth-order valence-electron chi connectivity index (χ4n) is 4.04. The van der Waals surface area contributed by atoms with E-state index in [1.165, 1.54) is 32.5 Å². The third-order valence-corrected chi connectivity index (χ3v) is 5.55. The van der Waals surface area contributed by atoms with Crippen LogP contribution in [-0.4, -0.2) is 48.6 Å². The highest BCUT2D eigenvalue weighted by atomic mass is 16.2. The fourth-order valence-corrected chi connectivity index (χ4v) is 4.04. The summed E-state index contributed by atoms with van der Waals surface area (Å²) < 4.78 is 0. The van der Waals surface area contributed by atoms with Crippen LogP contribution in [0.1, 0.15) is 38.2 Å². The maximum absolute atomic E-state index is 12.5. The Labute approximate surface area is 146 Å². The number of rotatable bonds is 3. The summed E-state index contributed by atoms with van der Waals surface area (Å²) in [6, 6.07) is 8.01. The predicted octanol–water partition coefficient (Wildman–Crippen LogP) is 3.97. The van der Waals surface area contributed by atoms with Crippen molar-refractivity contribution in [2.45, 2.75) is 39.5 Å². The van der Waals surface area contributed by atoms with Crippen LogP contribution in [0, 0.1) is 18.8 Å². The zero-order valence-corrected chi connectivity index (χ0v) is 15.1. The van der Waals surface area contributed by atoms with Gasteiger partial charge in [0, 0.05) is 31.9 Å². The molecular weight excluding hydrogens is 298 g/mol. The Morgan fingerprint density at radius 1 is 1.17 bits per heavy atom. The lowest BCUT2D eigenvalue weighted by molar-refractivity contribution is 0.125. The van der Waals surface area contributed by atoms with E-state index < -0.39 is 0 Å². The fraction of sp³-hybridized carbons (Fsp3) is 0.650. The highest BCUT2D eigenvalue weighted by molar-refractivity contribution is 5.90. The number of nitrogens with zero attached hydrogens (tertiary/aromatic N) is 2. The third kappa shape index (κ3) is 4.50. The number of carbonyl (C=O) groups excluding carboxylic acids is 1. The van der Waals surface area contributed by atoms with Crippen LogP contribution < -0.4 is 5.32 Å². The van der Waals surface area contributed by atoms with E-state index in [1.54, 1.807) is 0 Å². The highest BCUT2D eigenvalue weighted by Gasteiger charge is 2.26. The number of hydrogen-bond donors (Lipinski definition) is 1. The van der Waals surface area contributed by atoms with Gasteiger partial charge < -0.3 is 15.1 Å². The molecule has 24 heavy (non-hydrogen) atoms. The monoisotopic (exact) mass is 329 g/mol. The van der Waals surface area contributed by atoms with Crippen molar-refractivity contribution in [3.8, 4) is 0 Å². The number of anilines is 1. The lowest BCUT2D eigenvalue weighted by Crippen LogP contribution is -2.44. The van der Waals surface area contributed by atoms with Crippen molar-refractivity contribution >= 4 is 11.7 Å². The number of nitrogens with one attached hydrogen (secondary N) is 1. The quantitative estimate of drug-likeness (QED) is 0.911. The second-order valence-electron chi connectivity index (χ2n) is 7.68. The molecule has 2 fully saturated rings. The van der Waals surface area contributed by atoms with E-state index in [9.17, 15) is 4.79 Å². The van der Waals surface area contributed by atoms with Crippen molar-refractivity contribution in [1.29, 1.82) is 0 Å². The molecule has 0 aliphatic carbocycles. The molecule has 0 unspecified atom stereocenters. The normalized spacial score (nSPS) is 23.2. The lowest BCUT2D eigenvalue weighted by atomic mass is 9.94. The largest absolute Gasteiger partial charge is 0.325 e. The number of aryl methyl sites for hydroxylation is 1. The van der Waals surface area contributed by atoms with Gasteiger partial charge in [-0.3, -0.25) is 0 Å².